The highest BCUT2D eigenvalue weighted by molar-refractivity contribution is 6.37. The van der Waals surface area contributed by atoms with Crippen LogP contribution >= 0.6 is 34.8 Å². The van der Waals surface area contributed by atoms with E-state index in [1.165, 1.54) is 6.33 Å². The van der Waals surface area contributed by atoms with Crippen LogP contribution in [0.15, 0.2) is 65.6 Å². The van der Waals surface area contributed by atoms with E-state index < -0.39 is 5.78 Å². The zero-order chi connectivity index (χ0) is 22.2. The molecule has 3 heterocycles. The van der Waals surface area contributed by atoms with Crippen molar-refractivity contribution in [2.75, 3.05) is 0 Å². The van der Waals surface area contributed by atoms with E-state index in [1.54, 1.807) is 29.0 Å². The molecule has 5 rings (SSSR count). The zero-order valence-electron chi connectivity index (χ0n) is 16.2. The predicted molar refractivity (Wildman–Crippen MR) is 121 cm³/mol. The monoisotopic (exact) mass is 483 g/mol. The van der Waals surface area contributed by atoms with Gasteiger partial charge < -0.3 is 9.09 Å². The molecular formula is C22H12Cl3N5O2. The lowest BCUT2D eigenvalue weighted by Crippen LogP contribution is -2.04. The molecule has 0 amide bonds. The van der Waals surface area contributed by atoms with Gasteiger partial charge in [-0.05, 0) is 29.8 Å². The number of ketones is 1. The maximum atomic E-state index is 13.3. The molecule has 0 saturated carbocycles. The van der Waals surface area contributed by atoms with Gasteiger partial charge in [0.2, 0.25) is 5.82 Å². The van der Waals surface area contributed by atoms with Gasteiger partial charge in [0.05, 0.1) is 17.6 Å². The largest absolute Gasteiger partial charge is 0.330 e. The molecule has 0 bridgehead atoms. The summed E-state index contributed by atoms with van der Waals surface area (Å²) in [5.74, 6) is -0.489. The molecule has 0 N–H and O–H groups in total. The summed E-state index contributed by atoms with van der Waals surface area (Å²) >= 11 is 19.1. The fourth-order valence-electron chi connectivity index (χ4n) is 3.41. The van der Waals surface area contributed by atoms with Gasteiger partial charge in [0.1, 0.15) is 17.2 Å². The number of carbonyl (C=O) groups excluding carboxylic acids is 1. The minimum absolute atomic E-state index is 0.184. The molecule has 32 heavy (non-hydrogen) atoms. The van der Waals surface area contributed by atoms with E-state index in [-0.39, 0.29) is 22.4 Å². The lowest BCUT2D eigenvalue weighted by atomic mass is 10.1. The summed E-state index contributed by atoms with van der Waals surface area (Å²) in [6.45, 7) is 0.346. The first-order valence-electron chi connectivity index (χ1n) is 9.38. The van der Waals surface area contributed by atoms with E-state index in [1.807, 2.05) is 30.3 Å². The molecule has 0 saturated heterocycles. The highest BCUT2D eigenvalue weighted by Gasteiger charge is 2.27. The van der Waals surface area contributed by atoms with E-state index in [4.69, 9.17) is 39.3 Å². The van der Waals surface area contributed by atoms with E-state index >= 15 is 0 Å². The summed E-state index contributed by atoms with van der Waals surface area (Å²) in [5.41, 5.74) is 2.28. The van der Waals surface area contributed by atoms with Crippen LogP contribution in [-0.4, -0.2) is 30.5 Å². The van der Waals surface area contributed by atoms with Gasteiger partial charge in [0, 0.05) is 21.6 Å². The average Bonchev–Trinajstić information content (AvgIpc) is 3.40. The van der Waals surface area contributed by atoms with Gasteiger partial charge in [0.15, 0.2) is 0 Å². The Balaban J connectivity index is 1.58. The topological polar surface area (TPSA) is 86.7 Å². The summed E-state index contributed by atoms with van der Waals surface area (Å²) in [6, 6.07) is 14.2. The molecule has 5 aromatic rings. The van der Waals surface area contributed by atoms with Gasteiger partial charge >= 0.3 is 0 Å². The smallest absolute Gasteiger partial charge is 0.299 e. The van der Waals surface area contributed by atoms with Crippen molar-refractivity contribution in [3.8, 4) is 11.5 Å². The fraction of sp³-hybridized carbons (Fsp3) is 0.0455. The fourth-order valence-corrected chi connectivity index (χ4v) is 4.22. The number of rotatable bonds is 5. The molecule has 0 aliphatic carbocycles. The lowest BCUT2D eigenvalue weighted by Gasteiger charge is -2.09. The van der Waals surface area contributed by atoms with E-state index in [0.29, 0.717) is 27.7 Å². The Morgan fingerprint density at radius 3 is 2.69 bits per heavy atom. The molecule has 0 atom stereocenters. The molecule has 158 valence electrons. The Bertz CT molecular complexity index is 1460. The highest BCUT2D eigenvalue weighted by atomic mass is 35.5. The van der Waals surface area contributed by atoms with Crippen LogP contribution in [0.2, 0.25) is 15.2 Å². The second kappa shape index (κ2) is 8.35. The SMILES string of the molecule is O=C(c1nc(-c2ccncn2)no1)c1c(Cl)n(Cc2ccc(Cl)cc2Cl)c2ccccc12. The third kappa shape index (κ3) is 3.64. The minimum atomic E-state index is -0.486. The molecule has 0 radical (unpaired) electrons. The second-order valence-corrected chi connectivity index (χ2v) is 8.05. The van der Waals surface area contributed by atoms with Crippen LogP contribution in [0, 0.1) is 0 Å². The van der Waals surface area contributed by atoms with Crippen molar-refractivity contribution in [1.29, 1.82) is 0 Å². The normalized spacial score (nSPS) is 11.2. The van der Waals surface area contributed by atoms with Gasteiger partial charge in [-0.3, -0.25) is 4.79 Å². The van der Waals surface area contributed by atoms with Gasteiger partial charge in [-0.2, -0.15) is 4.98 Å². The van der Waals surface area contributed by atoms with Crippen molar-refractivity contribution < 1.29 is 9.32 Å². The van der Waals surface area contributed by atoms with Crippen molar-refractivity contribution in [1.82, 2.24) is 24.7 Å². The number of hydrogen-bond donors (Lipinski definition) is 0. The van der Waals surface area contributed by atoms with Gasteiger partial charge in [-0.25, -0.2) is 9.97 Å². The van der Waals surface area contributed by atoms with Crippen molar-refractivity contribution >= 4 is 51.5 Å². The van der Waals surface area contributed by atoms with Gasteiger partial charge in [-0.1, -0.05) is 64.2 Å². The number of nitrogens with zero attached hydrogens (tertiary/aromatic N) is 5. The lowest BCUT2D eigenvalue weighted by molar-refractivity contribution is 0.0995. The van der Waals surface area contributed by atoms with E-state index in [9.17, 15) is 4.79 Å². The van der Waals surface area contributed by atoms with E-state index in [2.05, 4.69) is 20.1 Å². The summed E-state index contributed by atoms with van der Waals surface area (Å²) in [6.07, 6.45) is 2.91. The van der Waals surface area contributed by atoms with E-state index in [0.717, 1.165) is 11.1 Å². The first-order valence-corrected chi connectivity index (χ1v) is 10.5. The van der Waals surface area contributed by atoms with Crippen LogP contribution in [0.1, 0.15) is 21.8 Å². The van der Waals surface area contributed by atoms with Crippen molar-refractivity contribution in [3.05, 3.63) is 93.3 Å². The Kier molecular flexibility index (Phi) is 5.38. The third-order valence-corrected chi connectivity index (χ3v) is 5.89. The molecule has 2 aromatic carbocycles. The van der Waals surface area contributed by atoms with Crippen molar-refractivity contribution in [2.45, 2.75) is 6.54 Å². The molecule has 10 heteroatoms. The molecule has 7 nitrogen and oxygen atoms in total. The summed E-state index contributed by atoms with van der Waals surface area (Å²) in [7, 11) is 0. The standard InChI is InChI=1S/C22H12Cl3N5O2/c23-13-6-5-12(15(24)9-13)10-30-17-4-2-1-3-14(17)18(20(30)25)19(31)22-28-21(29-32-22)16-7-8-26-11-27-16/h1-9,11H,10H2. The van der Waals surface area contributed by atoms with Crippen LogP contribution in [0.5, 0.6) is 0 Å². The first kappa shape index (κ1) is 20.6. The van der Waals surface area contributed by atoms with Gasteiger partial charge in [0.25, 0.3) is 11.7 Å². The van der Waals surface area contributed by atoms with Crippen LogP contribution in [0.4, 0.5) is 0 Å². The molecule has 0 unspecified atom stereocenters. The van der Waals surface area contributed by atoms with Gasteiger partial charge in [-0.15, -0.1) is 0 Å². The number of benzene rings is 2. The predicted octanol–water partition coefficient (Wildman–Crippen LogP) is 5.72. The number of carbonyl (C=O) groups is 1. The Morgan fingerprint density at radius 2 is 1.91 bits per heavy atom. The molecule has 0 spiro atoms. The molecular weight excluding hydrogens is 473 g/mol. The highest BCUT2D eigenvalue weighted by Crippen LogP contribution is 2.34. The molecule has 3 aromatic heterocycles. The Morgan fingerprint density at radius 1 is 1.06 bits per heavy atom. The third-order valence-electron chi connectivity index (χ3n) is 4.91. The van der Waals surface area contributed by atoms with Crippen LogP contribution in [-0.2, 0) is 6.54 Å². The summed E-state index contributed by atoms with van der Waals surface area (Å²) in [4.78, 5) is 25.5. The number of fused-ring (bicyclic) bond motifs is 1. The first-order chi connectivity index (χ1) is 15.5. The minimum Gasteiger partial charge on any atom is -0.330 e. The Labute approximate surface area is 196 Å². The molecule has 0 aliphatic rings. The van der Waals surface area contributed by atoms with Crippen molar-refractivity contribution in [3.63, 3.8) is 0 Å². The molecule has 0 aliphatic heterocycles. The van der Waals surface area contributed by atoms with Crippen molar-refractivity contribution in [2.24, 2.45) is 0 Å². The summed E-state index contributed by atoms with van der Waals surface area (Å²) < 4.78 is 7.03. The maximum absolute atomic E-state index is 13.3. The number of halogens is 3. The maximum Gasteiger partial charge on any atom is 0.299 e. The molecule has 0 fully saturated rings. The quantitative estimate of drug-likeness (QED) is 0.296. The van der Waals surface area contributed by atoms with Crippen LogP contribution < -0.4 is 0 Å². The number of aromatic nitrogens is 5. The van der Waals surface area contributed by atoms with Crippen LogP contribution in [0.3, 0.4) is 0 Å². The van der Waals surface area contributed by atoms with Crippen LogP contribution in [0.25, 0.3) is 22.4 Å². The average molecular weight is 485 g/mol. The summed E-state index contributed by atoms with van der Waals surface area (Å²) in [5, 5.41) is 5.80. The number of hydrogen-bond acceptors (Lipinski definition) is 6. The second-order valence-electron chi connectivity index (χ2n) is 6.85. The zero-order valence-corrected chi connectivity index (χ0v) is 18.4. The Hall–Kier alpha value is -3.26. The number of para-hydroxylation sites is 1.